The van der Waals surface area contributed by atoms with Crippen LogP contribution < -0.4 is 14.4 Å². The highest BCUT2D eigenvalue weighted by atomic mass is 19.1. The first-order valence-corrected chi connectivity index (χ1v) is 12.4. The van der Waals surface area contributed by atoms with Crippen molar-refractivity contribution in [1.29, 1.82) is 0 Å². The lowest BCUT2D eigenvalue weighted by Gasteiger charge is -2.36. The van der Waals surface area contributed by atoms with E-state index in [1.807, 2.05) is 56.3 Å². The number of hydrogen-bond acceptors (Lipinski definition) is 5. The van der Waals surface area contributed by atoms with Crippen molar-refractivity contribution in [2.24, 2.45) is 0 Å². The molecule has 0 saturated carbocycles. The summed E-state index contributed by atoms with van der Waals surface area (Å²) in [5, 5.41) is 0.661. The third kappa shape index (κ3) is 4.48. The van der Waals surface area contributed by atoms with Crippen LogP contribution in [-0.2, 0) is 0 Å². The van der Waals surface area contributed by atoms with E-state index in [2.05, 4.69) is 14.9 Å². The van der Waals surface area contributed by atoms with Crippen LogP contribution in [0.15, 0.2) is 54.7 Å². The molecule has 5 rings (SSSR count). The fourth-order valence-electron chi connectivity index (χ4n) is 5.01. The van der Waals surface area contributed by atoms with Crippen LogP contribution in [0.5, 0.6) is 11.6 Å². The van der Waals surface area contributed by atoms with Crippen LogP contribution in [0, 0.1) is 5.82 Å². The Morgan fingerprint density at radius 3 is 2.46 bits per heavy atom. The number of fused-ring (bicyclic) bond motifs is 1. The lowest BCUT2D eigenvalue weighted by atomic mass is 9.93. The van der Waals surface area contributed by atoms with E-state index in [0.29, 0.717) is 60.0 Å². The lowest BCUT2D eigenvalue weighted by Crippen LogP contribution is -2.49. The van der Waals surface area contributed by atoms with Crippen LogP contribution in [0.2, 0.25) is 0 Å². The summed E-state index contributed by atoms with van der Waals surface area (Å²) < 4.78 is 26.6. The van der Waals surface area contributed by atoms with Gasteiger partial charge in [-0.15, -0.1) is 0 Å². The summed E-state index contributed by atoms with van der Waals surface area (Å²) in [4.78, 5) is 24.9. The van der Waals surface area contributed by atoms with E-state index in [0.717, 1.165) is 16.8 Å². The van der Waals surface area contributed by atoms with Gasteiger partial charge < -0.3 is 24.3 Å². The minimum absolute atomic E-state index is 0.0298. The van der Waals surface area contributed by atoms with E-state index in [-0.39, 0.29) is 17.6 Å². The smallest absolute Gasteiger partial charge is 0.270 e. The number of carbonyl (C=O) groups excluding carboxylic acids is 1. The Bertz CT molecular complexity index is 1440. The summed E-state index contributed by atoms with van der Waals surface area (Å²) in [5.74, 6) is 0.763. The van der Waals surface area contributed by atoms with Crippen molar-refractivity contribution in [3.63, 3.8) is 0 Å². The summed E-state index contributed by atoms with van der Waals surface area (Å²) in [6.45, 7) is 6.28. The first-order chi connectivity index (χ1) is 17.9. The number of piperazine rings is 1. The number of ether oxygens (including phenoxy) is 2. The molecule has 1 saturated heterocycles. The number of anilines is 1. The van der Waals surface area contributed by atoms with Gasteiger partial charge in [-0.05, 0) is 47.4 Å². The molecule has 1 N–H and O–H groups in total. The molecule has 2 aromatic heterocycles. The molecule has 4 aromatic rings. The molecule has 1 fully saturated rings. The maximum atomic E-state index is 15.6. The number of hydrogen-bond donors (Lipinski definition) is 1. The van der Waals surface area contributed by atoms with Gasteiger partial charge in [0.25, 0.3) is 5.91 Å². The summed E-state index contributed by atoms with van der Waals surface area (Å²) in [6.07, 6.45) is 1.70. The molecule has 0 spiro atoms. The number of nitrogens with zero attached hydrogens (tertiary/aromatic N) is 3. The molecular weight excluding hydrogens is 471 g/mol. The van der Waals surface area contributed by atoms with E-state index in [9.17, 15) is 4.79 Å². The molecule has 0 unspecified atom stereocenters. The van der Waals surface area contributed by atoms with Crippen LogP contribution in [0.4, 0.5) is 10.1 Å². The fraction of sp³-hybridized carbons (Fsp3) is 0.310. The first kappa shape index (κ1) is 24.6. The number of halogens is 1. The Morgan fingerprint density at radius 1 is 1.00 bits per heavy atom. The number of para-hydroxylation sites is 1. The van der Waals surface area contributed by atoms with Crippen molar-refractivity contribution in [1.82, 2.24) is 14.9 Å². The van der Waals surface area contributed by atoms with Crippen LogP contribution in [0.3, 0.4) is 0 Å². The van der Waals surface area contributed by atoms with Gasteiger partial charge in [0.05, 0.1) is 25.4 Å². The van der Waals surface area contributed by atoms with Crippen molar-refractivity contribution < 1.29 is 18.7 Å². The predicted molar refractivity (Wildman–Crippen MR) is 143 cm³/mol. The van der Waals surface area contributed by atoms with Gasteiger partial charge in [-0.1, -0.05) is 32.0 Å². The van der Waals surface area contributed by atoms with Crippen LogP contribution in [0.25, 0.3) is 22.0 Å². The number of amides is 1. The minimum Gasteiger partial charge on any atom is -0.496 e. The van der Waals surface area contributed by atoms with Gasteiger partial charge in [0.1, 0.15) is 11.4 Å². The van der Waals surface area contributed by atoms with E-state index in [1.165, 1.54) is 0 Å². The zero-order chi connectivity index (χ0) is 26.1. The number of nitrogens with one attached hydrogen (secondary N) is 1. The number of benzene rings is 2. The molecule has 7 nitrogen and oxygen atoms in total. The second-order valence-electron chi connectivity index (χ2n) is 9.47. The quantitative estimate of drug-likeness (QED) is 0.379. The Kier molecular flexibility index (Phi) is 6.74. The molecule has 192 valence electrons. The SMILES string of the molecule is COc1ccccc1-c1cc(C(C)C)c(F)c2[nH]c(C(=O)N3CCN(c4cccnc4OC)CC3)cc12. The molecular formula is C29H31FN4O3. The topological polar surface area (TPSA) is 70.7 Å². The lowest BCUT2D eigenvalue weighted by molar-refractivity contribution is 0.0741. The third-order valence-corrected chi connectivity index (χ3v) is 6.98. The molecule has 0 aliphatic carbocycles. The van der Waals surface area contributed by atoms with Crippen molar-refractivity contribution >= 4 is 22.5 Å². The number of rotatable bonds is 6. The van der Waals surface area contributed by atoms with E-state index in [1.54, 1.807) is 31.4 Å². The third-order valence-electron chi connectivity index (χ3n) is 6.98. The summed E-state index contributed by atoms with van der Waals surface area (Å²) in [7, 11) is 3.22. The normalized spacial score (nSPS) is 13.9. The minimum atomic E-state index is -0.323. The molecule has 1 aliphatic heterocycles. The van der Waals surface area contributed by atoms with E-state index in [4.69, 9.17) is 9.47 Å². The Balaban J connectivity index is 1.48. The van der Waals surface area contributed by atoms with Crippen LogP contribution in [0.1, 0.15) is 35.8 Å². The van der Waals surface area contributed by atoms with Gasteiger partial charge in [-0.25, -0.2) is 9.37 Å². The number of carbonyl (C=O) groups is 1. The molecule has 1 aliphatic rings. The molecule has 0 atom stereocenters. The molecule has 8 heteroatoms. The van der Waals surface area contributed by atoms with Gasteiger partial charge in [0.2, 0.25) is 5.88 Å². The maximum Gasteiger partial charge on any atom is 0.270 e. The highest BCUT2D eigenvalue weighted by molar-refractivity contribution is 6.04. The van der Waals surface area contributed by atoms with Crippen LogP contribution in [-0.4, -0.2) is 61.2 Å². The van der Waals surface area contributed by atoms with Gasteiger partial charge in [-0.2, -0.15) is 0 Å². The van der Waals surface area contributed by atoms with Crippen molar-refractivity contribution in [3.05, 3.63) is 71.8 Å². The summed E-state index contributed by atoms with van der Waals surface area (Å²) in [5.41, 5.74) is 3.91. The second kappa shape index (κ2) is 10.1. The monoisotopic (exact) mass is 502 g/mol. The Hall–Kier alpha value is -4.07. The average molecular weight is 503 g/mol. The Morgan fingerprint density at radius 2 is 1.76 bits per heavy atom. The van der Waals surface area contributed by atoms with Gasteiger partial charge in [0.15, 0.2) is 5.82 Å². The van der Waals surface area contributed by atoms with Crippen LogP contribution >= 0.6 is 0 Å². The zero-order valence-electron chi connectivity index (χ0n) is 21.5. The van der Waals surface area contributed by atoms with E-state index >= 15 is 4.39 Å². The molecule has 0 bridgehead atoms. The molecule has 1 amide bonds. The van der Waals surface area contributed by atoms with Gasteiger partial charge in [-0.3, -0.25) is 4.79 Å². The average Bonchev–Trinajstić information content (AvgIpc) is 3.39. The van der Waals surface area contributed by atoms with Crippen molar-refractivity contribution in [2.75, 3.05) is 45.3 Å². The van der Waals surface area contributed by atoms with Crippen molar-refractivity contribution in [2.45, 2.75) is 19.8 Å². The molecule has 0 radical (unpaired) electrons. The number of methoxy groups -OCH3 is 2. The summed E-state index contributed by atoms with van der Waals surface area (Å²) in [6, 6.07) is 15.2. The largest absolute Gasteiger partial charge is 0.496 e. The number of aromatic amines is 1. The molecule has 2 aromatic carbocycles. The second-order valence-corrected chi connectivity index (χ2v) is 9.47. The number of aromatic nitrogens is 2. The zero-order valence-corrected chi connectivity index (χ0v) is 21.5. The number of pyridine rings is 1. The molecule has 37 heavy (non-hydrogen) atoms. The van der Waals surface area contributed by atoms with Gasteiger partial charge >= 0.3 is 0 Å². The molecule has 3 heterocycles. The standard InChI is InChI=1S/C29H31FN4O3/c1-18(2)20-16-21(19-8-5-6-10-25(19)36-3)22-17-23(32-27(22)26(20)30)29(35)34-14-12-33(13-15-34)24-9-7-11-31-28(24)37-4/h5-11,16-18,32H,12-15H2,1-4H3. The number of H-pyrrole nitrogens is 1. The highest BCUT2D eigenvalue weighted by Crippen LogP contribution is 2.39. The predicted octanol–water partition coefficient (Wildman–Crippen LogP) is 5.47. The summed E-state index contributed by atoms with van der Waals surface area (Å²) >= 11 is 0. The maximum absolute atomic E-state index is 15.6. The highest BCUT2D eigenvalue weighted by Gasteiger charge is 2.27. The fourth-order valence-corrected chi connectivity index (χ4v) is 5.01. The van der Waals surface area contributed by atoms with E-state index < -0.39 is 0 Å². The Labute approximate surface area is 215 Å². The van der Waals surface area contributed by atoms with Crippen molar-refractivity contribution in [3.8, 4) is 22.8 Å². The first-order valence-electron chi connectivity index (χ1n) is 12.4. The van der Waals surface area contributed by atoms with Gasteiger partial charge in [0, 0.05) is 43.3 Å².